The third-order valence-electron chi connectivity index (χ3n) is 6.08. The van der Waals surface area contributed by atoms with E-state index in [0.717, 1.165) is 17.7 Å². The number of imide groups is 1. The third-order valence-corrected chi connectivity index (χ3v) is 6.08. The number of aryl methyl sites for hydroxylation is 1. The Morgan fingerprint density at radius 3 is 2.57 bits per heavy atom. The zero-order valence-corrected chi connectivity index (χ0v) is 18.9. The van der Waals surface area contributed by atoms with Gasteiger partial charge in [0.15, 0.2) is 6.61 Å². The molecule has 35 heavy (non-hydrogen) atoms. The van der Waals surface area contributed by atoms with Crippen LogP contribution in [0.1, 0.15) is 51.8 Å². The Kier molecular flexibility index (Phi) is 5.64. The molecule has 0 saturated heterocycles. The molecule has 0 unspecified atom stereocenters. The maximum Gasteiger partial charge on any atom is 0.306 e. The molecule has 2 heterocycles. The molecule has 0 bridgehead atoms. The first-order chi connectivity index (χ1) is 16.8. The van der Waals surface area contributed by atoms with E-state index in [4.69, 9.17) is 4.74 Å². The van der Waals surface area contributed by atoms with Crippen LogP contribution in [-0.4, -0.2) is 51.8 Å². The molecule has 5 rings (SSSR count). The number of carbonyl (C=O) groups excluding carboxylic acids is 4. The number of benzene rings is 2. The van der Waals surface area contributed by atoms with E-state index in [0.29, 0.717) is 22.4 Å². The van der Waals surface area contributed by atoms with E-state index in [1.54, 1.807) is 28.8 Å². The van der Waals surface area contributed by atoms with Crippen LogP contribution in [0.2, 0.25) is 0 Å². The summed E-state index contributed by atoms with van der Waals surface area (Å²) in [5.41, 5.74) is 1.26. The van der Waals surface area contributed by atoms with Crippen LogP contribution in [0.25, 0.3) is 10.9 Å². The lowest BCUT2D eigenvalue weighted by molar-refractivity contribution is -0.147. The standard InChI is InChI=1S/C25H22N4O6/c1-28-23(32)16-9-6-14(12-18(16)24(28)33)26-21(30)13-35-22(31)11-10-20-27-19-5-3-2-4-17(19)25(34)29(20)15-7-8-15/h2-6,9,12,15H,7-8,10-11,13H2,1H3,(H,26,30). The van der Waals surface area contributed by atoms with Gasteiger partial charge in [0.2, 0.25) is 0 Å². The number of anilines is 1. The highest BCUT2D eigenvalue weighted by Gasteiger charge is 2.33. The number of nitrogens with zero attached hydrogens (tertiary/aromatic N) is 3. The lowest BCUT2D eigenvalue weighted by Gasteiger charge is -2.12. The van der Waals surface area contributed by atoms with Crippen molar-refractivity contribution in [3.05, 3.63) is 69.8 Å². The van der Waals surface area contributed by atoms with Crippen LogP contribution in [0, 0.1) is 0 Å². The number of carbonyl (C=O) groups is 4. The van der Waals surface area contributed by atoms with Gasteiger partial charge in [0.1, 0.15) is 5.82 Å². The lowest BCUT2D eigenvalue weighted by atomic mass is 10.1. The van der Waals surface area contributed by atoms with Gasteiger partial charge in [-0.2, -0.15) is 0 Å². The largest absolute Gasteiger partial charge is 0.456 e. The molecule has 2 aliphatic rings. The minimum atomic E-state index is -0.596. The summed E-state index contributed by atoms with van der Waals surface area (Å²) in [6.45, 7) is -0.511. The maximum atomic E-state index is 12.9. The van der Waals surface area contributed by atoms with Crippen LogP contribution >= 0.6 is 0 Å². The molecule has 0 atom stereocenters. The molecular formula is C25H22N4O6. The number of fused-ring (bicyclic) bond motifs is 2. The molecule has 178 valence electrons. The Labute approximate surface area is 199 Å². The van der Waals surface area contributed by atoms with Crippen molar-refractivity contribution in [1.29, 1.82) is 0 Å². The maximum absolute atomic E-state index is 12.9. The fourth-order valence-electron chi connectivity index (χ4n) is 4.15. The fourth-order valence-corrected chi connectivity index (χ4v) is 4.15. The Hall–Kier alpha value is -4.34. The van der Waals surface area contributed by atoms with Crippen molar-refractivity contribution in [2.45, 2.75) is 31.7 Å². The normalized spacial score (nSPS) is 14.8. The Morgan fingerprint density at radius 1 is 1.06 bits per heavy atom. The molecule has 1 fully saturated rings. The van der Waals surface area contributed by atoms with E-state index in [-0.39, 0.29) is 35.6 Å². The molecule has 10 nitrogen and oxygen atoms in total. The van der Waals surface area contributed by atoms with E-state index >= 15 is 0 Å². The molecule has 0 spiro atoms. The summed E-state index contributed by atoms with van der Waals surface area (Å²) in [6.07, 6.45) is 1.98. The predicted molar refractivity (Wildman–Crippen MR) is 125 cm³/mol. The van der Waals surface area contributed by atoms with E-state index in [9.17, 15) is 24.0 Å². The second-order valence-corrected chi connectivity index (χ2v) is 8.59. The van der Waals surface area contributed by atoms with E-state index < -0.39 is 30.3 Å². The van der Waals surface area contributed by atoms with Gasteiger partial charge in [0.05, 0.1) is 28.5 Å². The summed E-state index contributed by atoms with van der Waals surface area (Å²) < 4.78 is 6.75. The van der Waals surface area contributed by atoms with Crippen molar-refractivity contribution < 1.29 is 23.9 Å². The third kappa shape index (κ3) is 4.30. The molecule has 1 aliphatic carbocycles. The first-order valence-electron chi connectivity index (χ1n) is 11.3. The summed E-state index contributed by atoms with van der Waals surface area (Å²) in [7, 11) is 1.39. The minimum Gasteiger partial charge on any atom is -0.456 e. The van der Waals surface area contributed by atoms with Crippen LogP contribution in [0.15, 0.2) is 47.3 Å². The van der Waals surface area contributed by atoms with Crippen molar-refractivity contribution in [3.8, 4) is 0 Å². The van der Waals surface area contributed by atoms with Crippen LogP contribution < -0.4 is 10.9 Å². The summed E-state index contributed by atoms with van der Waals surface area (Å²) in [5, 5.41) is 3.10. The predicted octanol–water partition coefficient (Wildman–Crippen LogP) is 2.07. The Morgan fingerprint density at radius 2 is 1.80 bits per heavy atom. The Bertz CT molecular complexity index is 1460. The van der Waals surface area contributed by atoms with Gasteiger partial charge >= 0.3 is 5.97 Å². The molecule has 3 aromatic rings. The van der Waals surface area contributed by atoms with Gasteiger partial charge in [0.25, 0.3) is 23.3 Å². The van der Waals surface area contributed by atoms with Crippen molar-refractivity contribution in [3.63, 3.8) is 0 Å². The van der Waals surface area contributed by atoms with Gasteiger partial charge in [-0.05, 0) is 43.2 Å². The highest BCUT2D eigenvalue weighted by molar-refractivity contribution is 6.21. The topological polar surface area (TPSA) is 128 Å². The van der Waals surface area contributed by atoms with Crippen molar-refractivity contribution >= 4 is 40.3 Å². The van der Waals surface area contributed by atoms with Crippen LogP contribution in [0.5, 0.6) is 0 Å². The zero-order valence-electron chi connectivity index (χ0n) is 18.9. The molecular weight excluding hydrogens is 452 g/mol. The van der Waals surface area contributed by atoms with Gasteiger partial charge < -0.3 is 10.1 Å². The first-order valence-corrected chi connectivity index (χ1v) is 11.3. The van der Waals surface area contributed by atoms with Gasteiger partial charge in [-0.1, -0.05) is 12.1 Å². The van der Waals surface area contributed by atoms with Gasteiger partial charge in [-0.25, -0.2) is 4.98 Å². The van der Waals surface area contributed by atoms with Crippen molar-refractivity contribution in [2.24, 2.45) is 0 Å². The number of esters is 1. The van der Waals surface area contributed by atoms with Gasteiger partial charge in [-0.3, -0.25) is 33.4 Å². The molecule has 3 amide bonds. The summed E-state index contributed by atoms with van der Waals surface area (Å²) in [4.78, 5) is 67.1. The van der Waals surface area contributed by atoms with Crippen molar-refractivity contribution in [1.82, 2.24) is 14.5 Å². The SMILES string of the molecule is CN1C(=O)c2ccc(NC(=O)COC(=O)CCc3nc4ccccc4c(=O)n3C3CC3)cc2C1=O. The van der Waals surface area contributed by atoms with Gasteiger partial charge in [-0.15, -0.1) is 0 Å². The first kappa shape index (κ1) is 22.5. The number of nitrogens with one attached hydrogen (secondary N) is 1. The lowest BCUT2D eigenvalue weighted by Crippen LogP contribution is -2.26. The number of rotatable bonds is 7. The summed E-state index contributed by atoms with van der Waals surface area (Å²) >= 11 is 0. The smallest absolute Gasteiger partial charge is 0.306 e. The number of hydrogen-bond donors (Lipinski definition) is 1. The fraction of sp³-hybridized carbons (Fsp3) is 0.280. The number of ether oxygens (including phenoxy) is 1. The summed E-state index contributed by atoms with van der Waals surface area (Å²) in [6, 6.07) is 11.6. The zero-order chi connectivity index (χ0) is 24.7. The molecule has 1 aliphatic heterocycles. The van der Waals surface area contributed by atoms with E-state index in [2.05, 4.69) is 10.3 Å². The minimum absolute atomic E-state index is 0.0351. The molecule has 10 heteroatoms. The van der Waals surface area contributed by atoms with E-state index in [1.807, 2.05) is 0 Å². The molecule has 1 saturated carbocycles. The van der Waals surface area contributed by atoms with Crippen LogP contribution in [-0.2, 0) is 20.7 Å². The average molecular weight is 474 g/mol. The van der Waals surface area contributed by atoms with Crippen molar-refractivity contribution in [2.75, 3.05) is 19.0 Å². The number of hydrogen-bond acceptors (Lipinski definition) is 7. The van der Waals surface area contributed by atoms with Crippen LogP contribution in [0.4, 0.5) is 5.69 Å². The molecule has 1 N–H and O–H groups in total. The quantitative estimate of drug-likeness (QED) is 0.410. The second kappa shape index (κ2) is 8.79. The monoisotopic (exact) mass is 474 g/mol. The molecule has 2 aromatic carbocycles. The highest BCUT2D eigenvalue weighted by Crippen LogP contribution is 2.35. The average Bonchev–Trinajstić information content (AvgIpc) is 3.67. The van der Waals surface area contributed by atoms with Crippen LogP contribution in [0.3, 0.4) is 0 Å². The number of para-hydroxylation sites is 1. The molecule has 0 radical (unpaired) electrons. The summed E-state index contributed by atoms with van der Waals surface area (Å²) in [5.74, 6) is -1.49. The Balaban J connectivity index is 1.19. The number of amides is 3. The van der Waals surface area contributed by atoms with E-state index in [1.165, 1.54) is 25.2 Å². The second-order valence-electron chi connectivity index (χ2n) is 8.59. The number of aromatic nitrogens is 2. The molecule has 1 aromatic heterocycles. The highest BCUT2D eigenvalue weighted by atomic mass is 16.5. The van der Waals surface area contributed by atoms with Gasteiger partial charge in [0, 0.05) is 25.2 Å².